The number of carboxylic acids is 2. The van der Waals surface area contributed by atoms with E-state index >= 15 is 0 Å². The van der Waals surface area contributed by atoms with Crippen LogP contribution in [-0.2, 0) is 42.8 Å². The first kappa shape index (κ1) is 51.0. The monoisotopic (exact) mass is 956 g/mol. The topological polar surface area (TPSA) is 329 Å². The van der Waals surface area contributed by atoms with Crippen LogP contribution in [0.1, 0.15) is 99.3 Å². The highest BCUT2D eigenvalue weighted by molar-refractivity contribution is 5.76. The van der Waals surface area contributed by atoms with Crippen molar-refractivity contribution in [2.45, 2.75) is 191 Å². The van der Waals surface area contributed by atoms with E-state index in [1.807, 2.05) is 0 Å². The van der Waals surface area contributed by atoms with E-state index in [1.165, 1.54) is 5.57 Å². The Bertz CT molecular complexity index is 1910. The van der Waals surface area contributed by atoms with E-state index in [-0.39, 0.29) is 40.4 Å². The van der Waals surface area contributed by atoms with Gasteiger partial charge in [0, 0.05) is 0 Å². The van der Waals surface area contributed by atoms with E-state index in [2.05, 4.69) is 40.7 Å². The molecule has 20 nitrogen and oxygen atoms in total. The summed E-state index contributed by atoms with van der Waals surface area (Å²) in [5, 5.41) is 115. The van der Waals surface area contributed by atoms with Crippen molar-refractivity contribution in [3.05, 3.63) is 11.6 Å². The minimum absolute atomic E-state index is 0.00851. The molecule has 0 amide bonds. The Hall–Kier alpha value is -2.41. The second-order valence-corrected chi connectivity index (χ2v) is 22.8. The summed E-state index contributed by atoms with van der Waals surface area (Å²) >= 11 is 0. The molecule has 7 fully saturated rings. The predicted octanol–water partition coefficient (Wildman–Crippen LogP) is -0.207. The lowest BCUT2D eigenvalue weighted by Crippen LogP contribution is -2.68. The summed E-state index contributed by atoms with van der Waals surface area (Å²) in [5.74, 6) is -4.45. The molecular weight excluding hydrogens is 884 g/mol. The predicted molar refractivity (Wildman–Crippen MR) is 227 cm³/mol. The first-order valence-corrected chi connectivity index (χ1v) is 23.9. The van der Waals surface area contributed by atoms with Gasteiger partial charge in [0.15, 0.2) is 18.7 Å². The lowest BCUT2D eigenvalue weighted by atomic mass is 9.34. The molecule has 0 unspecified atom stereocenters. The average molecular weight is 957 g/mol. The fourth-order valence-electron chi connectivity index (χ4n) is 14.9. The van der Waals surface area contributed by atoms with Gasteiger partial charge in [-0.3, -0.25) is 9.59 Å². The SMILES string of the molecule is CC1(C)C[C@@H]2C3=CC[C@H]4[C@]5(C)CC[C@@H](O[C@@H]6O[C@H](C(=O)O)[C@@H](O)[C@@H](O)[C@H]6O[C@H]6OC[C@@H](O)[C@@H](O)[C@H]6O)[C@](C)(C(=O)O)[C@@H]5CC[C@@]4(C)[C@]3(C)CC[C@H]2[C@H](C(=O)O[C@H]2O[C@H](CO)[C@@H](O)[C@H](O)[C@H]2O)C1. The molecule has 8 rings (SSSR count). The summed E-state index contributed by atoms with van der Waals surface area (Å²) in [6.07, 6.45) is -17.5. The Balaban J connectivity index is 1.05. The van der Waals surface area contributed by atoms with Crippen molar-refractivity contribution in [3.8, 4) is 0 Å². The zero-order chi connectivity index (χ0) is 49.1. The molecule has 0 aromatic heterocycles. The van der Waals surface area contributed by atoms with Gasteiger partial charge in [0.05, 0.1) is 30.7 Å². The van der Waals surface area contributed by atoms with Crippen LogP contribution in [0.15, 0.2) is 11.6 Å². The molecule has 0 bridgehead atoms. The van der Waals surface area contributed by atoms with Crippen LogP contribution in [0.4, 0.5) is 0 Å². The highest BCUT2D eigenvalue weighted by atomic mass is 16.8. The van der Waals surface area contributed by atoms with Gasteiger partial charge in [-0.1, -0.05) is 46.3 Å². The maximum absolute atomic E-state index is 14.2. The zero-order valence-corrected chi connectivity index (χ0v) is 39.0. The van der Waals surface area contributed by atoms with Gasteiger partial charge in [-0.2, -0.15) is 0 Å². The molecule has 24 atom stereocenters. The van der Waals surface area contributed by atoms with Gasteiger partial charge < -0.3 is 84.6 Å². The molecule has 3 aliphatic heterocycles. The quantitative estimate of drug-likeness (QED) is 0.0809. The number of carbonyl (C=O) groups is 3. The third kappa shape index (κ3) is 8.10. The lowest BCUT2D eigenvalue weighted by Gasteiger charge is -2.70. The van der Waals surface area contributed by atoms with Gasteiger partial charge in [-0.25, -0.2) is 4.79 Å². The Morgan fingerprint density at radius 3 is 2.06 bits per heavy atom. The molecule has 3 saturated heterocycles. The Morgan fingerprint density at radius 1 is 0.716 bits per heavy atom. The smallest absolute Gasteiger partial charge is 0.335 e. The van der Waals surface area contributed by atoms with E-state index in [0.717, 1.165) is 12.8 Å². The fourth-order valence-corrected chi connectivity index (χ4v) is 14.9. The maximum Gasteiger partial charge on any atom is 0.335 e. The van der Waals surface area contributed by atoms with Gasteiger partial charge in [-0.05, 0) is 110 Å². The van der Waals surface area contributed by atoms with Crippen molar-refractivity contribution in [3.63, 3.8) is 0 Å². The summed E-state index contributed by atoms with van der Waals surface area (Å²) in [4.78, 5) is 40.2. The molecule has 20 heteroatoms. The standard InChI is InChI=1S/C47H72O20/c1-43(2)15-20-19(21(16-43)38(59)67-40-34(56)30(52)29(51)24(17-48)63-40)9-13-45(4)22(20)7-8-25-44(3)12-11-27(47(6,42(60)61)26(44)10-14-46(25,45)5)64-41-36(32(54)31(53)35(65-41)37(57)58)66-39-33(55)28(50)23(49)18-62-39/h7,19-21,23-36,39-41,48-56H,8-18H2,1-6H3,(H,57,58)(H,60,61)/t19-,20+,21-,23-,24-,25+,26-,27-,28-,29-,30+,31+,32-,33-,34-,35+,36-,39-,40-,41-,44+,45-,46-,47-/m1/s1. The van der Waals surface area contributed by atoms with E-state index in [9.17, 15) is 70.6 Å². The van der Waals surface area contributed by atoms with E-state index < -0.39 is 146 Å². The van der Waals surface area contributed by atoms with Crippen LogP contribution in [0.5, 0.6) is 0 Å². The second-order valence-electron chi connectivity index (χ2n) is 22.8. The van der Waals surface area contributed by atoms with Crippen molar-refractivity contribution < 1.29 is 99.0 Å². The number of fused-ring (bicyclic) bond motifs is 7. The van der Waals surface area contributed by atoms with Crippen molar-refractivity contribution in [1.29, 1.82) is 0 Å². The van der Waals surface area contributed by atoms with Crippen LogP contribution in [0.25, 0.3) is 0 Å². The fraction of sp³-hybridized carbons (Fsp3) is 0.894. The van der Waals surface area contributed by atoms with Crippen molar-refractivity contribution in [1.82, 2.24) is 0 Å². The van der Waals surface area contributed by atoms with Gasteiger partial charge in [0.2, 0.25) is 6.29 Å². The number of allylic oxidation sites excluding steroid dienone is 2. The van der Waals surface area contributed by atoms with Crippen LogP contribution >= 0.6 is 0 Å². The molecule has 11 N–H and O–H groups in total. The molecule has 4 saturated carbocycles. The van der Waals surface area contributed by atoms with Crippen LogP contribution in [0, 0.1) is 56.7 Å². The highest BCUT2D eigenvalue weighted by Gasteiger charge is 2.70. The lowest BCUT2D eigenvalue weighted by molar-refractivity contribution is -0.365. The number of carbonyl (C=O) groups excluding carboxylic acids is 1. The molecule has 67 heavy (non-hydrogen) atoms. The van der Waals surface area contributed by atoms with E-state index in [1.54, 1.807) is 6.92 Å². The molecule has 0 aromatic carbocycles. The van der Waals surface area contributed by atoms with Crippen molar-refractivity contribution in [2.75, 3.05) is 13.2 Å². The Morgan fingerprint density at radius 2 is 1.40 bits per heavy atom. The highest BCUT2D eigenvalue weighted by Crippen LogP contribution is 2.75. The maximum atomic E-state index is 14.2. The molecule has 0 spiro atoms. The number of aliphatic hydroxyl groups excluding tert-OH is 9. The number of rotatable bonds is 9. The minimum Gasteiger partial charge on any atom is -0.481 e. The van der Waals surface area contributed by atoms with Gasteiger partial charge in [0.25, 0.3) is 0 Å². The molecular formula is C47H72O20. The van der Waals surface area contributed by atoms with Crippen LogP contribution in [0.2, 0.25) is 0 Å². The van der Waals surface area contributed by atoms with E-state index in [4.69, 9.17) is 28.4 Å². The third-order valence-corrected chi connectivity index (χ3v) is 18.8. The third-order valence-electron chi connectivity index (χ3n) is 18.8. The molecule has 0 radical (unpaired) electrons. The van der Waals surface area contributed by atoms with Gasteiger partial charge in [0.1, 0.15) is 61.0 Å². The van der Waals surface area contributed by atoms with Gasteiger partial charge in [-0.15, -0.1) is 0 Å². The number of hydrogen-bond acceptors (Lipinski definition) is 18. The normalized spacial score (nSPS) is 52.9. The number of esters is 1. The molecule has 8 aliphatic rings. The zero-order valence-electron chi connectivity index (χ0n) is 39.0. The minimum atomic E-state index is -2.04. The van der Waals surface area contributed by atoms with Crippen molar-refractivity contribution in [2.24, 2.45) is 56.7 Å². The Kier molecular flexibility index (Phi) is 13.7. The molecule has 3 heterocycles. The number of aliphatic carboxylic acids is 2. The van der Waals surface area contributed by atoms with Gasteiger partial charge >= 0.3 is 17.9 Å². The number of carboxylic acid groups (broad SMARTS) is 2. The summed E-state index contributed by atoms with van der Waals surface area (Å²) in [6, 6.07) is 0. The largest absolute Gasteiger partial charge is 0.481 e. The second kappa shape index (κ2) is 18.0. The summed E-state index contributed by atoms with van der Waals surface area (Å²) < 4.78 is 34.8. The van der Waals surface area contributed by atoms with Crippen LogP contribution in [0.3, 0.4) is 0 Å². The first-order chi connectivity index (χ1) is 31.2. The number of ether oxygens (including phenoxy) is 6. The van der Waals surface area contributed by atoms with Crippen LogP contribution in [-0.4, -0.2) is 179 Å². The van der Waals surface area contributed by atoms with Crippen LogP contribution < -0.4 is 0 Å². The average Bonchev–Trinajstić information content (AvgIpc) is 3.26. The molecule has 380 valence electrons. The summed E-state index contributed by atoms with van der Waals surface area (Å²) in [6.45, 7) is 11.5. The number of aliphatic hydroxyl groups is 9. The summed E-state index contributed by atoms with van der Waals surface area (Å²) in [7, 11) is 0. The van der Waals surface area contributed by atoms with Crippen molar-refractivity contribution >= 4 is 17.9 Å². The first-order valence-electron chi connectivity index (χ1n) is 23.9. The molecule has 5 aliphatic carbocycles. The molecule has 0 aromatic rings. The number of hydrogen-bond donors (Lipinski definition) is 11. The summed E-state index contributed by atoms with van der Waals surface area (Å²) in [5.41, 5.74) is -1.80. The Labute approximate surface area is 389 Å². The van der Waals surface area contributed by atoms with E-state index in [0.29, 0.717) is 38.5 Å².